The topological polar surface area (TPSA) is 42.7 Å². The number of nitrogens with zero attached hydrogens (tertiary/aromatic N) is 3. The quantitative estimate of drug-likeness (QED) is 0.301. The van der Waals surface area contributed by atoms with E-state index in [0.717, 1.165) is 23.3 Å². The highest BCUT2D eigenvalue weighted by atomic mass is 19.4. The van der Waals surface area contributed by atoms with E-state index in [-0.39, 0.29) is 0 Å². The van der Waals surface area contributed by atoms with Crippen molar-refractivity contribution in [3.8, 4) is 16.8 Å². The monoisotopic (exact) mass is 448 g/mol. The molecule has 8 heteroatoms. The molecule has 164 valence electrons. The highest BCUT2D eigenvalue weighted by Crippen LogP contribution is 2.37. The summed E-state index contributed by atoms with van der Waals surface area (Å²) in [7, 11) is 0. The van der Waals surface area contributed by atoms with E-state index in [2.05, 4.69) is 15.3 Å². The molecule has 0 bridgehead atoms. The summed E-state index contributed by atoms with van der Waals surface area (Å²) in [6.07, 6.45) is -1.41. The van der Waals surface area contributed by atoms with Gasteiger partial charge in [0.1, 0.15) is 18.0 Å². The predicted octanol–water partition coefficient (Wildman–Crippen LogP) is 6.99. The van der Waals surface area contributed by atoms with Crippen LogP contribution in [0, 0.1) is 5.82 Å². The van der Waals surface area contributed by atoms with Crippen LogP contribution in [-0.4, -0.2) is 14.5 Å². The normalized spacial score (nSPS) is 11.6. The second kappa shape index (κ2) is 8.05. The smallest absolute Gasteiger partial charge is 0.339 e. The molecule has 0 aliphatic carbocycles. The van der Waals surface area contributed by atoms with Crippen LogP contribution in [-0.2, 0) is 6.18 Å². The fraction of sp³-hybridized carbons (Fsp3) is 0.0400. The summed E-state index contributed by atoms with van der Waals surface area (Å²) in [6, 6.07) is 20.4. The lowest BCUT2D eigenvalue weighted by Crippen LogP contribution is -2.06. The van der Waals surface area contributed by atoms with Gasteiger partial charge in [-0.1, -0.05) is 42.5 Å². The van der Waals surface area contributed by atoms with E-state index in [0.29, 0.717) is 28.2 Å². The first kappa shape index (κ1) is 20.7. The molecule has 0 atom stereocenters. The van der Waals surface area contributed by atoms with Crippen LogP contribution in [0.2, 0.25) is 0 Å². The summed E-state index contributed by atoms with van der Waals surface area (Å²) in [5, 5.41) is 3.72. The Labute approximate surface area is 186 Å². The largest absolute Gasteiger partial charge is 0.416 e. The molecular formula is C25H16F4N4. The van der Waals surface area contributed by atoms with Gasteiger partial charge in [0.15, 0.2) is 5.65 Å². The minimum Gasteiger partial charge on any atom is -0.339 e. The Morgan fingerprint density at radius 3 is 2.36 bits per heavy atom. The second-order valence-electron chi connectivity index (χ2n) is 7.38. The third-order valence-electron chi connectivity index (χ3n) is 5.21. The van der Waals surface area contributed by atoms with Crippen LogP contribution < -0.4 is 5.32 Å². The minimum absolute atomic E-state index is 0.312. The van der Waals surface area contributed by atoms with E-state index in [4.69, 9.17) is 0 Å². The zero-order valence-electron chi connectivity index (χ0n) is 17.0. The number of nitrogens with one attached hydrogen (secondary N) is 1. The number of rotatable bonds is 4. The van der Waals surface area contributed by atoms with Crippen molar-refractivity contribution in [2.45, 2.75) is 6.18 Å². The number of alkyl halides is 3. The third kappa shape index (κ3) is 4.03. The maximum atomic E-state index is 13.7. The molecule has 0 amide bonds. The molecule has 1 N–H and O–H groups in total. The number of fused-ring (bicyclic) bond motifs is 1. The van der Waals surface area contributed by atoms with E-state index in [1.165, 1.54) is 24.5 Å². The molecule has 2 heterocycles. The average molecular weight is 448 g/mol. The summed E-state index contributed by atoms with van der Waals surface area (Å²) in [5.74, 6) is 0.00491. The number of aromatic nitrogens is 3. The first-order valence-electron chi connectivity index (χ1n) is 10.0. The Hall–Kier alpha value is -4.20. The highest BCUT2D eigenvalue weighted by Gasteiger charge is 2.30. The van der Waals surface area contributed by atoms with Gasteiger partial charge in [0, 0.05) is 23.1 Å². The van der Waals surface area contributed by atoms with Gasteiger partial charge in [-0.25, -0.2) is 14.4 Å². The van der Waals surface area contributed by atoms with Gasteiger partial charge in [-0.15, -0.1) is 0 Å². The molecule has 0 fully saturated rings. The van der Waals surface area contributed by atoms with E-state index < -0.39 is 17.6 Å². The molecule has 4 nitrogen and oxygen atoms in total. The van der Waals surface area contributed by atoms with Crippen molar-refractivity contribution in [1.82, 2.24) is 14.5 Å². The van der Waals surface area contributed by atoms with Gasteiger partial charge in [0.05, 0.1) is 10.9 Å². The summed E-state index contributed by atoms with van der Waals surface area (Å²) in [4.78, 5) is 8.72. The van der Waals surface area contributed by atoms with Crippen molar-refractivity contribution in [2.24, 2.45) is 0 Å². The van der Waals surface area contributed by atoms with Crippen molar-refractivity contribution in [1.29, 1.82) is 0 Å². The average Bonchev–Trinajstić information content (AvgIpc) is 3.20. The molecule has 2 aromatic heterocycles. The zero-order chi connectivity index (χ0) is 23.0. The van der Waals surface area contributed by atoms with E-state index in [9.17, 15) is 17.6 Å². The molecule has 3 aromatic carbocycles. The Bertz CT molecular complexity index is 1440. The second-order valence-corrected chi connectivity index (χ2v) is 7.38. The molecule has 0 radical (unpaired) electrons. The predicted molar refractivity (Wildman–Crippen MR) is 119 cm³/mol. The molecule has 0 unspecified atom stereocenters. The number of hydrogen-bond donors (Lipinski definition) is 1. The van der Waals surface area contributed by atoms with E-state index in [1.807, 2.05) is 30.3 Å². The number of hydrogen-bond acceptors (Lipinski definition) is 3. The maximum absolute atomic E-state index is 13.7. The molecule has 5 aromatic rings. The van der Waals surface area contributed by atoms with Crippen LogP contribution in [0.3, 0.4) is 0 Å². The summed E-state index contributed by atoms with van der Waals surface area (Å²) in [5.41, 5.74) is 2.03. The van der Waals surface area contributed by atoms with Gasteiger partial charge in [-0.3, -0.25) is 0 Å². The first-order valence-corrected chi connectivity index (χ1v) is 10.0. The SMILES string of the molecule is Fc1cccc(Nc2ncnc3c2c(-c2ccccc2)cn3-c2cccc(C(F)(F)F)c2)c1. The Morgan fingerprint density at radius 2 is 1.61 bits per heavy atom. The summed E-state index contributed by atoms with van der Waals surface area (Å²) >= 11 is 0. The number of anilines is 2. The Kier molecular flexibility index (Phi) is 5.05. The van der Waals surface area contributed by atoms with Gasteiger partial charge in [-0.2, -0.15) is 13.2 Å². The fourth-order valence-electron chi connectivity index (χ4n) is 3.72. The zero-order valence-corrected chi connectivity index (χ0v) is 17.0. The van der Waals surface area contributed by atoms with Gasteiger partial charge in [0.25, 0.3) is 0 Å². The molecule has 0 spiro atoms. The minimum atomic E-state index is -4.47. The fourth-order valence-corrected chi connectivity index (χ4v) is 3.72. The standard InChI is InChI=1S/C25H16F4N4/c26-18-9-5-10-19(13-18)32-23-22-21(16-6-2-1-3-7-16)14-33(24(22)31-15-30-23)20-11-4-8-17(12-20)25(27,28)29/h1-15H,(H,30,31,32). The highest BCUT2D eigenvalue weighted by molar-refractivity contribution is 6.03. The van der Waals surface area contributed by atoms with Crippen LogP contribution in [0.1, 0.15) is 5.56 Å². The summed E-state index contributed by atoms with van der Waals surface area (Å²) < 4.78 is 55.3. The molecular weight excluding hydrogens is 432 g/mol. The van der Waals surface area contributed by atoms with Gasteiger partial charge in [-0.05, 0) is 42.0 Å². The molecule has 0 saturated heterocycles. The van der Waals surface area contributed by atoms with Crippen molar-refractivity contribution in [3.05, 3.63) is 103 Å². The van der Waals surface area contributed by atoms with Crippen molar-refractivity contribution in [2.75, 3.05) is 5.32 Å². The van der Waals surface area contributed by atoms with Crippen LogP contribution in [0.15, 0.2) is 91.4 Å². The van der Waals surface area contributed by atoms with Crippen LogP contribution in [0.25, 0.3) is 27.8 Å². The van der Waals surface area contributed by atoms with Crippen LogP contribution in [0.5, 0.6) is 0 Å². The van der Waals surface area contributed by atoms with E-state index >= 15 is 0 Å². The van der Waals surface area contributed by atoms with E-state index in [1.54, 1.807) is 29.0 Å². The van der Waals surface area contributed by atoms with Crippen molar-refractivity contribution < 1.29 is 17.6 Å². The lowest BCUT2D eigenvalue weighted by molar-refractivity contribution is -0.137. The van der Waals surface area contributed by atoms with Crippen molar-refractivity contribution >= 4 is 22.5 Å². The lowest BCUT2D eigenvalue weighted by Gasteiger charge is -2.11. The summed E-state index contributed by atoms with van der Waals surface area (Å²) in [6.45, 7) is 0. The van der Waals surface area contributed by atoms with Gasteiger partial charge in [0.2, 0.25) is 0 Å². The lowest BCUT2D eigenvalue weighted by atomic mass is 10.1. The van der Waals surface area contributed by atoms with Crippen LogP contribution in [0.4, 0.5) is 29.1 Å². The molecule has 0 saturated carbocycles. The molecule has 5 rings (SSSR count). The van der Waals surface area contributed by atoms with Gasteiger partial charge >= 0.3 is 6.18 Å². The third-order valence-corrected chi connectivity index (χ3v) is 5.21. The molecule has 0 aliphatic rings. The van der Waals surface area contributed by atoms with Crippen molar-refractivity contribution in [3.63, 3.8) is 0 Å². The number of benzene rings is 3. The molecule has 0 aliphatic heterocycles. The molecule has 33 heavy (non-hydrogen) atoms. The maximum Gasteiger partial charge on any atom is 0.416 e. The van der Waals surface area contributed by atoms with Crippen LogP contribution >= 0.6 is 0 Å². The number of halogens is 4. The van der Waals surface area contributed by atoms with Gasteiger partial charge < -0.3 is 9.88 Å². The first-order chi connectivity index (χ1) is 15.9. The Morgan fingerprint density at radius 1 is 0.818 bits per heavy atom. The Balaban J connectivity index is 1.74.